The summed E-state index contributed by atoms with van der Waals surface area (Å²) in [5.41, 5.74) is 4.88. The summed E-state index contributed by atoms with van der Waals surface area (Å²) in [6.07, 6.45) is 1.39. The number of nitrogens with two attached hydrogens (primary N) is 1. The highest BCUT2D eigenvalue weighted by atomic mass is 32.1. The Bertz CT molecular complexity index is 337. The van der Waals surface area contributed by atoms with Crippen LogP contribution in [0.1, 0.15) is 12.8 Å². The molecule has 1 aliphatic carbocycles. The van der Waals surface area contributed by atoms with Crippen LogP contribution in [-0.2, 0) is 9.59 Å². The number of nitrogens with zero attached hydrogens (tertiary/aromatic N) is 2. The van der Waals surface area contributed by atoms with Gasteiger partial charge in [-0.2, -0.15) is 0 Å². The van der Waals surface area contributed by atoms with Crippen LogP contribution in [0.3, 0.4) is 0 Å². The molecule has 6 heteroatoms. The zero-order chi connectivity index (χ0) is 12.5. The number of carbonyl (C=O) groups excluding carboxylic acids is 2. The monoisotopic (exact) mass is 243 g/mol. The third-order valence-corrected chi connectivity index (χ3v) is 3.24. The van der Waals surface area contributed by atoms with Crippen LogP contribution in [-0.4, -0.2) is 54.3 Å². The summed E-state index contributed by atoms with van der Waals surface area (Å²) in [5.74, 6) is -0.259. The lowest BCUT2D eigenvalue weighted by atomic mass is 10.1. The molecule has 0 spiro atoms. The molecule has 0 aromatic carbocycles. The Labute approximate surface area is 101 Å². The first-order chi connectivity index (χ1) is 7.31. The van der Waals surface area contributed by atoms with E-state index >= 15 is 0 Å². The summed E-state index contributed by atoms with van der Waals surface area (Å²) in [6.45, 7) is 0.0657. The zero-order valence-electron chi connectivity index (χ0n) is 9.82. The molecule has 0 aromatic heterocycles. The molecular weight excluding hydrogens is 226 g/mol. The highest BCUT2D eigenvalue weighted by molar-refractivity contribution is 7.80. The van der Waals surface area contributed by atoms with E-state index in [1.165, 1.54) is 9.80 Å². The molecule has 0 aliphatic heterocycles. The third-order valence-electron chi connectivity index (χ3n) is 2.85. The van der Waals surface area contributed by atoms with Crippen LogP contribution >= 0.6 is 12.2 Å². The molecular formula is C10H17N3O2S. The van der Waals surface area contributed by atoms with Crippen molar-refractivity contribution in [2.45, 2.75) is 12.8 Å². The van der Waals surface area contributed by atoms with Gasteiger partial charge in [-0.25, -0.2) is 0 Å². The van der Waals surface area contributed by atoms with Gasteiger partial charge >= 0.3 is 0 Å². The number of amides is 2. The van der Waals surface area contributed by atoms with E-state index in [-0.39, 0.29) is 23.3 Å². The number of rotatable bonds is 4. The molecule has 0 unspecified atom stereocenters. The van der Waals surface area contributed by atoms with Gasteiger partial charge in [0.2, 0.25) is 11.8 Å². The standard InChI is InChI=1S/C10H17N3O2S/c1-12(2)7(14)6-13(3)9(15)10(4-5-10)8(11)16/h4-6H2,1-3H3,(H2,11,16). The van der Waals surface area contributed by atoms with E-state index in [4.69, 9.17) is 18.0 Å². The number of likely N-dealkylation sites (N-methyl/N-ethyl adjacent to an activating group) is 2. The van der Waals surface area contributed by atoms with Gasteiger partial charge < -0.3 is 15.5 Å². The summed E-state index contributed by atoms with van der Waals surface area (Å²) in [7, 11) is 4.91. The molecule has 0 atom stereocenters. The fraction of sp³-hybridized carbons (Fsp3) is 0.700. The van der Waals surface area contributed by atoms with E-state index in [1.807, 2.05) is 0 Å². The van der Waals surface area contributed by atoms with Gasteiger partial charge in [-0.15, -0.1) is 0 Å². The first-order valence-electron chi connectivity index (χ1n) is 5.07. The molecule has 0 aromatic rings. The highest BCUT2D eigenvalue weighted by Gasteiger charge is 2.54. The van der Waals surface area contributed by atoms with Crippen LogP contribution in [0.5, 0.6) is 0 Å². The third kappa shape index (κ3) is 2.32. The van der Waals surface area contributed by atoms with Gasteiger partial charge in [0.05, 0.1) is 16.9 Å². The number of hydrogen-bond acceptors (Lipinski definition) is 3. The van der Waals surface area contributed by atoms with Crippen molar-refractivity contribution in [1.29, 1.82) is 0 Å². The van der Waals surface area contributed by atoms with Crippen LogP contribution in [0.2, 0.25) is 0 Å². The lowest BCUT2D eigenvalue weighted by molar-refractivity contribution is -0.139. The van der Waals surface area contributed by atoms with Gasteiger partial charge in [-0.1, -0.05) is 12.2 Å². The average molecular weight is 243 g/mol. The smallest absolute Gasteiger partial charge is 0.241 e. The number of hydrogen-bond donors (Lipinski definition) is 1. The maximum absolute atomic E-state index is 12.0. The Morgan fingerprint density at radius 3 is 2.12 bits per heavy atom. The molecule has 90 valence electrons. The Morgan fingerprint density at radius 2 is 1.81 bits per heavy atom. The van der Waals surface area contributed by atoms with E-state index in [1.54, 1.807) is 21.1 Å². The van der Waals surface area contributed by atoms with Crippen molar-refractivity contribution in [1.82, 2.24) is 9.80 Å². The van der Waals surface area contributed by atoms with Crippen LogP contribution in [0.25, 0.3) is 0 Å². The lowest BCUT2D eigenvalue weighted by Crippen LogP contribution is -2.44. The van der Waals surface area contributed by atoms with Crippen molar-refractivity contribution < 1.29 is 9.59 Å². The first kappa shape index (κ1) is 12.9. The minimum absolute atomic E-state index is 0.0657. The van der Waals surface area contributed by atoms with Crippen LogP contribution in [0.15, 0.2) is 0 Å². The molecule has 0 radical (unpaired) electrons. The molecule has 2 amide bonds. The van der Waals surface area contributed by atoms with E-state index in [9.17, 15) is 9.59 Å². The molecule has 1 fully saturated rings. The molecule has 0 heterocycles. The van der Waals surface area contributed by atoms with Crippen molar-refractivity contribution in [3.8, 4) is 0 Å². The second kappa shape index (κ2) is 4.37. The molecule has 1 aliphatic rings. The van der Waals surface area contributed by atoms with Crippen molar-refractivity contribution >= 4 is 29.0 Å². The van der Waals surface area contributed by atoms with Crippen molar-refractivity contribution in [3.05, 3.63) is 0 Å². The summed E-state index contributed by atoms with van der Waals surface area (Å²) in [5, 5.41) is 0. The Morgan fingerprint density at radius 1 is 1.31 bits per heavy atom. The largest absolute Gasteiger partial charge is 0.392 e. The maximum atomic E-state index is 12.0. The molecule has 1 rings (SSSR count). The van der Waals surface area contributed by atoms with Gasteiger partial charge in [0.1, 0.15) is 0 Å². The Hall–Kier alpha value is -1.17. The van der Waals surface area contributed by atoms with Gasteiger partial charge in [0.25, 0.3) is 0 Å². The minimum atomic E-state index is -0.670. The molecule has 16 heavy (non-hydrogen) atoms. The average Bonchev–Trinajstić information content (AvgIpc) is 2.96. The maximum Gasteiger partial charge on any atom is 0.241 e. The Balaban J connectivity index is 2.62. The van der Waals surface area contributed by atoms with E-state index in [0.29, 0.717) is 12.8 Å². The summed E-state index contributed by atoms with van der Waals surface area (Å²) < 4.78 is 0. The fourth-order valence-corrected chi connectivity index (χ4v) is 1.76. The summed E-state index contributed by atoms with van der Waals surface area (Å²) in [6, 6.07) is 0. The molecule has 0 bridgehead atoms. The zero-order valence-corrected chi connectivity index (χ0v) is 10.6. The second-order valence-corrected chi connectivity index (χ2v) is 4.84. The predicted octanol–water partition coefficient (Wildman–Crippen LogP) is -0.401. The van der Waals surface area contributed by atoms with Crippen LogP contribution in [0, 0.1) is 5.41 Å². The van der Waals surface area contributed by atoms with Crippen molar-refractivity contribution in [2.24, 2.45) is 11.1 Å². The van der Waals surface area contributed by atoms with Crippen molar-refractivity contribution in [3.63, 3.8) is 0 Å². The molecule has 2 N–H and O–H groups in total. The fourth-order valence-electron chi connectivity index (χ4n) is 1.47. The number of carbonyl (C=O) groups is 2. The van der Waals surface area contributed by atoms with Gasteiger partial charge in [-0.05, 0) is 12.8 Å². The quantitative estimate of drug-likeness (QED) is 0.682. The second-order valence-electron chi connectivity index (χ2n) is 4.40. The molecule has 1 saturated carbocycles. The summed E-state index contributed by atoms with van der Waals surface area (Å²) in [4.78, 5) is 26.5. The van der Waals surface area contributed by atoms with Gasteiger partial charge in [0, 0.05) is 21.1 Å². The molecule has 5 nitrogen and oxygen atoms in total. The first-order valence-corrected chi connectivity index (χ1v) is 5.48. The number of thiocarbonyl (C=S) groups is 1. The minimum Gasteiger partial charge on any atom is -0.392 e. The SMILES string of the molecule is CN(C)C(=O)CN(C)C(=O)C1(C(N)=S)CC1. The van der Waals surface area contributed by atoms with E-state index < -0.39 is 5.41 Å². The Kier molecular flexibility index (Phi) is 3.52. The van der Waals surface area contributed by atoms with Crippen LogP contribution in [0.4, 0.5) is 0 Å². The highest BCUT2D eigenvalue weighted by Crippen LogP contribution is 2.47. The normalized spacial score (nSPS) is 16.4. The van der Waals surface area contributed by atoms with E-state index in [2.05, 4.69) is 0 Å². The lowest BCUT2D eigenvalue weighted by Gasteiger charge is -2.23. The summed E-state index contributed by atoms with van der Waals surface area (Å²) >= 11 is 4.89. The van der Waals surface area contributed by atoms with Crippen molar-refractivity contribution in [2.75, 3.05) is 27.7 Å². The van der Waals surface area contributed by atoms with Gasteiger partial charge in [0.15, 0.2) is 0 Å². The molecule has 0 saturated heterocycles. The van der Waals surface area contributed by atoms with Gasteiger partial charge in [-0.3, -0.25) is 9.59 Å². The van der Waals surface area contributed by atoms with Crippen LogP contribution < -0.4 is 5.73 Å². The van der Waals surface area contributed by atoms with E-state index in [0.717, 1.165) is 0 Å². The predicted molar refractivity (Wildman–Crippen MR) is 64.8 cm³/mol. The topological polar surface area (TPSA) is 66.6 Å².